The maximum atomic E-state index is 13.0. The van der Waals surface area contributed by atoms with Crippen molar-refractivity contribution in [3.8, 4) is 11.5 Å². The number of aryl methyl sites for hydroxylation is 1. The Morgan fingerprint density at radius 1 is 1.30 bits per heavy atom. The van der Waals surface area contributed by atoms with Crippen molar-refractivity contribution in [2.75, 3.05) is 7.05 Å². The number of benzene rings is 1. The minimum absolute atomic E-state index is 0.209. The van der Waals surface area contributed by atoms with E-state index in [1.54, 1.807) is 23.5 Å². The Kier molecular flexibility index (Phi) is 4.54. The average molecular weight is 331 g/mol. The van der Waals surface area contributed by atoms with Gasteiger partial charge in [0, 0.05) is 23.7 Å². The van der Waals surface area contributed by atoms with Crippen LogP contribution in [0.25, 0.3) is 11.5 Å². The van der Waals surface area contributed by atoms with Gasteiger partial charge in [0.1, 0.15) is 16.6 Å². The second-order valence-electron chi connectivity index (χ2n) is 5.49. The summed E-state index contributed by atoms with van der Waals surface area (Å²) in [6.45, 7) is 4.68. The molecule has 3 rings (SSSR count). The van der Waals surface area contributed by atoms with Crippen LogP contribution in [-0.4, -0.2) is 21.9 Å². The molecule has 2 heterocycles. The standard InChI is InChI=1S/C17H18FN3OS/c1-11(17-19-8-9-23-17)21(3)10-15-12(2)22-16(20-15)13-4-6-14(18)7-5-13/h4-9,11H,10H2,1-3H3. The van der Waals surface area contributed by atoms with Gasteiger partial charge in [-0.25, -0.2) is 14.4 Å². The van der Waals surface area contributed by atoms with Crippen molar-refractivity contribution in [1.82, 2.24) is 14.9 Å². The molecule has 0 amide bonds. The Morgan fingerprint density at radius 3 is 2.70 bits per heavy atom. The molecule has 0 aliphatic heterocycles. The summed E-state index contributed by atoms with van der Waals surface area (Å²) in [5, 5.41) is 3.06. The van der Waals surface area contributed by atoms with Gasteiger partial charge in [-0.3, -0.25) is 4.90 Å². The lowest BCUT2D eigenvalue weighted by Crippen LogP contribution is -2.22. The summed E-state index contributed by atoms with van der Waals surface area (Å²) in [6.07, 6.45) is 1.82. The molecule has 6 heteroatoms. The summed E-state index contributed by atoms with van der Waals surface area (Å²) < 4.78 is 18.8. The van der Waals surface area contributed by atoms with E-state index < -0.39 is 0 Å². The molecule has 23 heavy (non-hydrogen) atoms. The van der Waals surface area contributed by atoms with E-state index in [-0.39, 0.29) is 11.9 Å². The topological polar surface area (TPSA) is 42.2 Å². The van der Waals surface area contributed by atoms with Gasteiger partial charge in [-0.15, -0.1) is 11.3 Å². The molecule has 1 unspecified atom stereocenters. The molecular weight excluding hydrogens is 313 g/mol. The molecule has 0 radical (unpaired) electrons. The van der Waals surface area contributed by atoms with E-state index in [0.717, 1.165) is 22.0 Å². The molecule has 4 nitrogen and oxygen atoms in total. The van der Waals surface area contributed by atoms with Crippen molar-refractivity contribution in [1.29, 1.82) is 0 Å². The van der Waals surface area contributed by atoms with E-state index in [2.05, 4.69) is 21.8 Å². The van der Waals surface area contributed by atoms with Gasteiger partial charge in [0.2, 0.25) is 5.89 Å². The maximum absolute atomic E-state index is 13.0. The molecule has 2 aromatic heterocycles. The summed E-state index contributed by atoms with van der Waals surface area (Å²) in [5.74, 6) is 1.03. The summed E-state index contributed by atoms with van der Waals surface area (Å²) in [7, 11) is 2.04. The van der Waals surface area contributed by atoms with Gasteiger partial charge in [-0.1, -0.05) is 0 Å². The largest absolute Gasteiger partial charge is 0.441 e. The van der Waals surface area contributed by atoms with E-state index in [0.29, 0.717) is 12.4 Å². The van der Waals surface area contributed by atoms with E-state index >= 15 is 0 Å². The van der Waals surface area contributed by atoms with Crippen molar-refractivity contribution in [2.24, 2.45) is 0 Å². The van der Waals surface area contributed by atoms with E-state index in [1.807, 2.05) is 25.5 Å². The molecule has 1 aromatic carbocycles. The van der Waals surface area contributed by atoms with E-state index in [9.17, 15) is 4.39 Å². The Morgan fingerprint density at radius 2 is 2.04 bits per heavy atom. The molecule has 3 aromatic rings. The van der Waals surface area contributed by atoms with Crippen molar-refractivity contribution in [3.05, 3.63) is 58.1 Å². The first-order chi connectivity index (χ1) is 11.0. The van der Waals surface area contributed by atoms with Crippen LogP contribution < -0.4 is 0 Å². The molecular formula is C17H18FN3OS. The molecule has 0 spiro atoms. The minimum Gasteiger partial charge on any atom is -0.441 e. The number of oxazole rings is 1. The van der Waals surface area contributed by atoms with Crippen LogP contribution in [0.5, 0.6) is 0 Å². The molecule has 0 fully saturated rings. The summed E-state index contributed by atoms with van der Waals surface area (Å²) in [6, 6.07) is 6.37. The predicted molar refractivity (Wildman–Crippen MR) is 88.6 cm³/mol. The Labute approximate surface area is 138 Å². The summed E-state index contributed by atoms with van der Waals surface area (Å²) in [4.78, 5) is 11.1. The Hall–Kier alpha value is -2.05. The lowest BCUT2D eigenvalue weighted by Gasteiger charge is -2.21. The molecule has 120 valence electrons. The average Bonchev–Trinajstić information content (AvgIpc) is 3.18. The highest BCUT2D eigenvalue weighted by atomic mass is 32.1. The number of rotatable bonds is 5. The van der Waals surface area contributed by atoms with E-state index in [4.69, 9.17) is 4.42 Å². The number of thiazole rings is 1. The molecule has 0 aliphatic rings. The number of hydrogen-bond acceptors (Lipinski definition) is 5. The van der Waals surface area contributed by atoms with Gasteiger partial charge in [0.15, 0.2) is 0 Å². The van der Waals surface area contributed by atoms with Crippen molar-refractivity contribution < 1.29 is 8.81 Å². The van der Waals surface area contributed by atoms with Crippen LogP contribution in [-0.2, 0) is 6.54 Å². The molecule has 0 N–H and O–H groups in total. The molecule has 0 saturated heterocycles. The van der Waals surface area contributed by atoms with Crippen LogP contribution in [0.1, 0.15) is 29.4 Å². The van der Waals surface area contributed by atoms with Crippen molar-refractivity contribution >= 4 is 11.3 Å². The third-order valence-electron chi connectivity index (χ3n) is 3.85. The van der Waals surface area contributed by atoms with Crippen LogP contribution in [0.3, 0.4) is 0 Å². The maximum Gasteiger partial charge on any atom is 0.226 e. The second kappa shape index (κ2) is 6.60. The van der Waals surface area contributed by atoms with Crippen LogP contribution in [0.2, 0.25) is 0 Å². The smallest absolute Gasteiger partial charge is 0.226 e. The monoisotopic (exact) mass is 331 g/mol. The summed E-state index contributed by atoms with van der Waals surface area (Å²) >= 11 is 1.65. The number of hydrogen-bond donors (Lipinski definition) is 0. The van der Waals surface area contributed by atoms with Crippen LogP contribution in [0, 0.1) is 12.7 Å². The second-order valence-corrected chi connectivity index (χ2v) is 6.42. The SMILES string of the molecule is Cc1oc(-c2ccc(F)cc2)nc1CN(C)C(C)c1nccs1. The first-order valence-electron chi connectivity index (χ1n) is 7.36. The van der Waals surface area contributed by atoms with Crippen LogP contribution >= 0.6 is 11.3 Å². The molecule has 0 saturated carbocycles. The predicted octanol–water partition coefficient (Wildman–Crippen LogP) is 4.44. The zero-order chi connectivity index (χ0) is 16.4. The fourth-order valence-corrected chi connectivity index (χ4v) is 3.05. The van der Waals surface area contributed by atoms with Crippen molar-refractivity contribution in [2.45, 2.75) is 26.4 Å². The lowest BCUT2D eigenvalue weighted by molar-refractivity contribution is 0.248. The highest BCUT2D eigenvalue weighted by Crippen LogP contribution is 2.26. The van der Waals surface area contributed by atoms with Gasteiger partial charge in [-0.05, 0) is 45.2 Å². The third kappa shape index (κ3) is 3.48. The quantitative estimate of drug-likeness (QED) is 0.693. The fourth-order valence-electron chi connectivity index (χ4n) is 2.29. The van der Waals surface area contributed by atoms with Gasteiger partial charge >= 0.3 is 0 Å². The van der Waals surface area contributed by atoms with Crippen molar-refractivity contribution in [3.63, 3.8) is 0 Å². The zero-order valence-electron chi connectivity index (χ0n) is 13.3. The summed E-state index contributed by atoms with van der Waals surface area (Å²) in [5.41, 5.74) is 1.66. The van der Waals surface area contributed by atoms with Crippen LogP contribution in [0.4, 0.5) is 4.39 Å². The van der Waals surface area contributed by atoms with Gasteiger partial charge in [0.25, 0.3) is 0 Å². The number of halogens is 1. The Bertz CT molecular complexity index is 768. The highest BCUT2D eigenvalue weighted by molar-refractivity contribution is 7.09. The molecule has 0 bridgehead atoms. The van der Waals surface area contributed by atoms with E-state index in [1.165, 1.54) is 12.1 Å². The third-order valence-corrected chi connectivity index (χ3v) is 4.80. The number of nitrogens with zero attached hydrogens (tertiary/aromatic N) is 3. The number of aromatic nitrogens is 2. The van der Waals surface area contributed by atoms with Crippen LogP contribution in [0.15, 0.2) is 40.3 Å². The minimum atomic E-state index is -0.269. The zero-order valence-corrected chi connectivity index (χ0v) is 14.1. The first-order valence-corrected chi connectivity index (χ1v) is 8.24. The Balaban J connectivity index is 1.77. The van der Waals surface area contributed by atoms with Gasteiger partial charge < -0.3 is 4.42 Å². The highest BCUT2D eigenvalue weighted by Gasteiger charge is 2.18. The van der Waals surface area contributed by atoms with Gasteiger partial charge in [0.05, 0.1) is 11.7 Å². The fraction of sp³-hybridized carbons (Fsp3) is 0.294. The van der Waals surface area contributed by atoms with Gasteiger partial charge in [-0.2, -0.15) is 0 Å². The molecule has 0 aliphatic carbocycles. The molecule has 1 atom stereocenters. The lowest BCUT2D eigenvalue weighted by atomic mass is 10.2. The normalized spacial score (nSPS) is 12.7. The first kappa shape index (κ1) is 15.8.